The Bertz CT molecular complexity index is 388. The zero-order valence-corrected chi connectivity index (χ0v) is 10.7. The summed E-state index contributed by atoms with van der Waals surface area (Å²) >= 11 is 5.21. The van der Waals surface area contributed by atoms with Crippen molar-refractivity contribution in [3.05, 3.63) is 28.2 Å². The maximum atomic E-state index is 11.2. The van der Waals surface area contributed by atoms with Gasteiger partial charge in [-0.05, 0) is 25.1 Å². The first-order valence-electron chi connectivity index (χ1n) is 4.71. The van der Waals surface area contributed by atoms with E-state index in [0.717, 1.165) is 23.2 Å². The van der Waals surface area contributed by atoms with Gasteiger partial charge in [-0.3, -0.25) is 4.79 Å². The van der Waals surface area contributed by atoms with Crippen LogP contribution in [0.3, 0.4) is 0 Å². The Labute approximate surface area is 102 Å². The van der Waals surface area contributed by atoms with Gasteiger partial charge in [0.1, 0.15) is 0 Å². The minimum Gasteiger partial charge on any atom is -0.379 e. The molecule has 1 aromatic carbocycles. The molecule has 0 atom stereocenters. The van der Waals surface area contributed by atoms with E-state index in [1.807, 2.05) is 18.2 Å². The van der Waals surface area contributed by atoms with Crippen molar-refractivity contribution >= 4 is 33.5 Å². The van der Waals surface area contributed by atoms with Gasteiger partial charge >= 0.3 is 0 Å². The van der Waals surface area contributed by atoms with Crippen LogP contribution in [-0.4, -0.2) is 24.2 Å². The molecule has 0 saturated carbocycles. The lowest BCUT2D eigenvalue weighted by Crippen LogP contribution is -2.29. The lowest BCUT2D eigenvalue weighted by atomic mass is 10.1. The summed E-state index contributed by atoms with van der Waals surface area (Å²) in [5.41, 5.74) is 0.740. The van der Waals surface area contributed by atoms with Crippen molar-refractivity contribution in [3.63, 3.8) is 0 Å². The van der Waals surface area contributed by atoms with Crippen LogP contribution in [0.5, 0.6) is 0 Å². The van der Waals surface area contributed by atoms with Gasteiger partial charge in [0.25, 0.3) is 0 Å². The largest absolute Gasteiger partial charge is 0.379 e. The average molecular weight is 287 g/mol. The highest BCUT2D eigenvalue weighted by Gasteiger charge is 2.19. The SMILES string of the molecule is CC(=O)c1ccc(SC2COC2)cc1Br. The molecule has 1 aliphatic heterocycles. The van der Waals surface area contributed by atoms with E-state index >= 15 is 0 Å². The van der Waals surface area contributed by atoms with Crippen molar-refractivity contribution in [2.45, 2.75) is 17.1 Å². The Hall–Kier alpha value is -0.320. The number of rotatable bonds is 3. The van der Waals surface area contributed by atoms with Gasteiger partial charge in [-0.15, -0.1) is 11.8 Å². The summed E-state index contributed by atoms with van der Waals surface area (Å²) in [6, 6.07) is 5.86. The molecule has 80 valence electrons. The summed E-state index contributed by atoms with van der Waals surface area (Å²) in [6.45, 7) is 3.24. The summed E-state index contributed by atoms with van der Waals surface area (Å²) in [4.78, 5) is 12.4. The molecule has 1 heterocycles. The molecule has 0 radical (unpaired) electrons. The summed E-state index contributed by atoms with van der Waals surface area (Å²) in [7, 11) is 0. The monoisotopic (exact) mass is 286 g/mol. The van der Waals surface area contributed by atoms with Crippen molar-refractivity contribution < 1.29 is 9.53 Å². The topological polar surface area (TPSA) is 26.3 Å². The molecule has 4 heteroatoms. The van der Waals surface area contributed by atoms with E-state index in [1.54, 1.807) is 18.7 Å². The lowest BCUT2D eigenvalue weighted by molar-refractivity contribution is 0.0455. The van der Waals surface area contributed by atoms with Crippen LogP contribution in [0.25, 0.3) is 0 Å². The molecule has 1 saturated heterocycles. The van der Waals surface area contributed by atoms with Crippen LogP contribution in [0.2, 0.25) is 0 Å². The Balaban J connectivity index is 2.13. The predicted octanol–water partition coefficient (Wildman–Crippen LogP) is 3.14. The average Bonchev–Trinajstić information content (AvgIpc) is 2.11. The molecule has 0 bridgehead atoms. The van der Waals surface area contributed by atoms with Gasteiger partial charge in [0.05, 0.1) is 18.5 Å². The minimum atomic E-state index is 0.0883. The zero-order valence-electron chi connectivity index (χ0n) is 8.33. The maximum absolute atomic E-state index is 11.2. The number of hydrogen-bond acceptors (Lipinski definition) is 3. The van der Waals surface area contributed by atoms with Gasteiger partial charge in [-0.1, -0.05) is 15.9 Å². The van der Waals surface area contributed by atoms with Gasteiger partial charge in [0.2, 0.25) is 0 Å². The number of Topliss-reactive ketones (excluding diaryl/α,β-unsaturated/α-hetero) is 1. The summed E-state index contributed by atoms with van der Waals surface area (Å²) < 4.78 is 5.99. The zero-order chi connectivity index (χ0) is 10.8. The second-order valence-electron chi connectivity index (χ2n) is 3.48. The number of carbonyl (C=O) groups is 1. The second kappa shape index (κ2) is 4.68. The quantitative estimate of drug-likeness (QED) is 0.799. The maximum Gasteiger partial charge on any atom is 0.160 e. The second-order valence-corrected chi connectivity index (χ2v) is 5.70. The van der Waals surface area contributed by atoms with Crippen molar-refractivity contribution in [1.82, 2.24) is 0 Å². The minimum absolute atomic E-state index is 0.0883. The van der Waals surface area contributed by atoms with Crippen molar-refractivity contribution in [2.75, 3.05) is 13.2 Å². The molecule has 15 heavy (non-hydrogen) atoms. The molecule has 1 aliphatic rings. The van der Waals surface area contributed by atoms with E-state index in [0.29, 0.717) is 5.25 Å². The number of hydrogen-bond donors (Lipinski definition) is 0. The van der Waals surface area contributed by atoms with Crippen LogP contribution >= 0.6 is 27.7 Å². The third kappa shape index (κ3) is 2.62. The Kier molecular flexibility index (Phi) is 3.49. The molecule has 0 N–H and O–H groups in total. The third-order valence-corrected chi connectivity index (χ3v) is 4.02. The van der Waals surface area contributed by atoms with E-state index in [1.165, 1.54) is 4.90 Å². The van der Waals surface area contributed by atoms with E-state index in [9.17, 15) is 4.79 Å². The molecule has 0 aliphatic carbocycles. The highest BCUT2D eigenvalue weighted by molar-refractivity contribution is 9.10. The summed E-state index contributed by atoms with van der Waals surface area (Å²) in [6.07, 6.45) is 0. The first kappa shape index (κ1) is 11.2. The van der Waals surface area contributed by atoms with E-state index in [4.69, 9.17) is 4.74 Å². The van der Waals surface area contributed by atoms with Gasteiger partial charge in [0.15, 0.2) is 5.78 Å². The first-order valence-corrected chi connectivity index (χ1v) is 6.39. The molecule has 0 unspecified atom stereocenters. The van der Waals surface area contributed by atoms with Crippen LogP contribution in [0, 0.1) is 0 Å². The summed E-state index contributed by atoms with van der Waals surface area (Å²) in [5, 5.41) is 0.570. The molecule has 0 amide bonds. The summed E-state index contributed by atoms with van der Waals surface area (Å²) in [5.74, 6) is 0.0883. The molecular weight excluding hydrogens is 276 g/mol. The van der Waals surface area contributed by atoms with Gasteiger partial charge in [-0.2, -0.15) is 0 Å². The highest BCUT2D eigenvalue weighted by atomic mass is 79.9. The van der Waals surface area contributed by atoms with Crippen LogP contribution < -0.4 is 0 Å². The van der Waals surface area contributed by atoms with Crippen molar-refractivity contribution in [2.24, 2.45) is 0 Å². The highest BCUT2D eigenvalue weighted by Crippen LogP contribution is 2.31. The number of thioether (sulfide) groups is 1. The number of ether oxygens (including phenoxy) is 1. The standard InChI is InChI=1S/C11H11BrO2S/c1-7(13)10-3-2-8(4-11(10)12)15-9-5-14-6-9/h2-4,9H,5-6H2,1H3. The number of ketones is 1. The molecule has 1 aromatic rings. The molecule has 2 rings (SSSR count). The normalized spacial score (nSPS) is 16.1. The van der Waals surface area contributed by atoms with Gasteiger partial charge in [0, 0.05) is 14.9 Å². The Morgan fingerprint density at radius 3 is 2.73 bits per heavy atom. The van der Waals surface area contributed by atoms with Crippen LogP contribution in [0.4, 0.5) is 0 Å². The van der Waals surface area contributed by atoms with Gasteiger partial charge < -0.3 is 4.74 Å². The molecular formula is C11H11BrO2S. The molecule has 2 nitrogen and oxygen atoms in total. The van der Waals surface area contributed by atoms with E-state index in [-0.39, 0.29) is 5.78 Å². The van der Waals surface area contributed by atoms with Crippen LogP contribution in [-0.2, 0) is 4.74 Å². The smallest absolute Gasteiger partial charge is 0.160 e. The first-order chi connectivity index (χ1) is 7.16. The predicted molar refractivity (Wildman–Crippen MR) is 64.6 cm³/mol. The Morgan fingerprint density at radius 2 is 2.27 bits per heavy atom. The van der Waals surface area contributed by atoms with Crippen LogP contribution in [0.15, 0.2) is 27.6 Å². The van der Waals surface area contributed by atoms with E-state index in [2.05, 4.69) is 15.9 Å². The lowest BCUT2D eigenvalue weighted by Gasteiger charge is -2.25. The van der Waals surface area contributed by atoms with Crippen LogP contribution in [0.1, 0.15) is 17.3 Å². The Morgan fingerprint density at radius 1 is 1.53 bits per heavy atom. The molecule has 1 fully saturated rings. The number of halogens is 1. The fraction of sp³-hybridized carbons (Fsp3) is 0.364. The van der Waals surface area contributed by atoms with E-state index < -0.39 is 0 Å². The van der Waals surface area contributed by atoms with Gasteiger partial charge in [-0.25, -0.2) is 0 Å². The third-order valence-electron chi connectivity index (χ3n) is 2.23. The molecule has 0 aromatic heterocycles. The fourth-order valence-corrected chi connectivity index (χ4v) is 3.18. The number of carbonyl (C=O) groups excluding carboxylic acids is 1. The van der Waals surface area contributed by atoms with Crippen molar-refractivity contribution in [3.8, 4) is 0 Å². The fourth-order valence-electron chi connectivity index (χ4n) is 1.33. The van der Waals surface area contributed by atoms with Crippen molar-refractivity contribution in [1.29, 1.82) is 0 Å². The number of benzene rings is 1. The molecule has 0 spiro atoms.